The highest BCUT2D eigenvalue weighted by atomic mass is 20.0. The lowest BCUT2D eigenvalue weighted by Gasteiger charge is -1.000. The van der Waals surface area contributed by atoms with Crippen molar-refractivity contribution in [3.05, 3.63) is 13.2 Å². The Morgan fingerprint density at radius 2 is 1.00 bits per heavy atom. The average molecular weight is 66.0 g/mol. The molecule has 0 saturated carbocycles. The first-order valence-corrected chi connectivity index (χ1v) is 0.643. The van der Waals surface area contributed by atoms with E-state index in [2.05, 4.69) is 13.2 Å². The lowest BCUT2D eigenvalue weighted by Crippen LogP contribution is -0.580. The summed E-state index contributed by atoms with van der Waals surface area (Å²) in [6.07, 6.45) is 0. The van der Waals surface area contributed by atoms with Crippen LogP contribution in [0.5, 0.6) is 0 Å². The molecule has 0 spiro atoms. The Balaban J connectivity index is 0. The van der Waals surface area contributed by atoms with Gasteiger partial charge in [0.25, 0.3) is 0 Å². The Morgan fingerprint density at radius 3 is 1.00 bits per heavy atom. The molecule has 0 unspecified atom stereocenters. The molecule has 0 aromatic heterocycles. The Bertz CT molecular complexity index is 4.00. The highest BCUT2D eigenvalue weighted by Crippen LogP contribution is 1.42. The molecule has 26 valence electrons. The molecule has 0 nitrogen and oxygen atoms in total. The molecule has 0 saturated heterocycles. The SMILES string of the molecule is C=C.FF. The number of hydrogen-bond donors (Lipinski definition) is 0. The third-order valence-corrected chi connectivity index (χ3v) is 0. The van der Waals surface area contributed by atoms with E-state index in [1.165, 1.54) is 0 Å². The second kappa shape index (κ2) is 41.6. The van der Waals surface area contributed by atoms with Crippen molar-refractivity contribution in [3.63, 3.8) is 0 Å². The van der Waals surface area contributed by atoms with Crippen molar-refractivity contribution in [2.24, 2.45) is 0 Å². The van der Waals surface area contributed by atoms with Gasteiger partial charge in [-0.25, -0.2) is 0 Å². The number of halogens is 2. The zero-order valence-electron chi connectivity index (χ0n) is 2.17. The van der Waals surface area contributed by atoms with Gasteiger partial charge >= 0.3 is 0 Å². The third-order valence-electron chi connectivity index (χ3n) is 0. The summed E-state index contributed by atoms with van der Waals surface area (Å²) in [5, 5.41) is 0. The molecule has 4 heavy (non-hydrogen) atoms. The highest BCUT2D eigenvalue weighted by Gasteiger charge is 1.00. The average Bonchev–Trinajstić information content (AvgIpc) is 1.50. The maximum Gasteiger partial charge on any atom is 0 e. The minimum atomic E-state index is 3.00. The summed E-state index contributed by atoms with van der Waals surface area (Å²) in [5.41, 5.74) is 0. The fraction of sp³-hybridized carbons (Fsp3) is 0. The summed E-state index contributed by atoms with van der Waals surface area (Å²) in [4.78, 5) is 0. The molecule has 2 heteroatoms. The van der Waals surface area contributed by atoms with Crippen LogP contribution in [-0.2, 0) is 0 Å². The Morgan fingerprint density at radius 1 is 1.00 bits per heavy atom. The summed E-state index contributed by atoms with van der Waals surface area (Å²) >= 11 is 0. The smallest absolute Gasteiger partial charge is 0 e. The molecule has 0 aliphatic carbocycles. The fourth-order valence-corrected chi connectivity index (χ4v) is 0. The van der Waals surface area contributed by atoms with Crippen molar-refractivity contribution in [1.29, 1.82) is 0 Å². The van der Waals surface area contributed by atoms with Crippen molar-refractivity contribution in [2.75, 3.05) is 0 Å². The Hall–Kier alpha value is -0.400. The molecule has 0 atom stereocenters. The largest absolute Gasteiger partial charge is 0.106 e. The van der Waals surface area contributed by atoms with Crippen molar-refractivity contribution in [3.8, 4) is 0 Å². The number of rotatable bonds is 0. The van der Waals surface area contributed by atoms with Gasteiger partial charge in [-0.2, -0.15) is 0 Å². The van der Waals surface area contributed by atoms with Gasteiger partial charge < -0.3 is 0 Å². The summed E-state index contributed by atoms with van der Waals surface area (Å²) in [6.45, 7) is 6.00. The van der Waals surface area contributed by atoms with Crippen LogP contribution in [0.15, 0.2) is 13.2 Å². The van der Waals surface area contributed by atoms with Crippen LogP contribution in [0.1, 0.15) is 0 Å². The predicted molar refractivity (Wildman–Crippen MR) is 13.5 cm³/mol. The van der Waals surface area contributed by atoms with Crippen LogP contribution in [-0.4, -0.2) is 0 Å². The first kappa shape index (κ1) is 9.51. The van der Waals surface area contributed by atoms with Crippen molar-refractivity contribution in [2.45, 2.75) is 0 Å². The standard InChI is InChI=1S/C2H4.F2/c2*1-2/h1-2H2;. The quantitative estimate of drug-likeness (QED) is 0.377. The van der Waals surface area contributed by atoms with E-state index >= 15 is 0 Å². The van der Waals surface area contributed by atoms with Crippen LogP contribution >= 0.6 is 0 Å². The molecule has 0 amide bonds. The Kier molecular flexibility index (Phi) is 98.9. The third kappa shape index (κ3) is 3.60. The van der Waals surface area contributed by atoms with E-state index in [1.807, 2.05) is 0 Å². The molecule has 0 aromatic carbocycles. The van der Waals surface area contributed by atoms with Crippen molar-refractivity contribution >= 4 is 0 Å². The van der Waals surface area contributed by atoms with Gasteiger partial charge in [0.05, 0.1) is 0 Å². The Labute approximate surface area is 23.6 Å². The molecule has 0 fully saturated rings. The van der Waals surface area contributed by atoms with E-state index in [0.29, 0.717) is 0 Å². The van der Waals surface area contributed by atoms with E-state index < -0.39 is 0 Å². The lowest BCUT2D eigenvalue weighted by molar-refractivity contribution is 0.108. The zero-order chi connectivity index (χ0) is 4.00. The molecule has 0 heterocycles. The summed E-state index contributed by atoms with van der Waals surface area (Å²) in [5.74, 6) is 0. The van der Waals surface area contributed by atoms with Gasteiger partial charge in [0.15, 0.2) is 0 Å². The monoisotopic (exact) mass is 66.0 g/mol. The van der Waals surface area contributed by atoms with Gasteiger partial charge in [0.2, 0.25) is 0 Å². The predicted octanol–water partition coefficient (Wildman–Crippen LogP) is 1.64. The molecule has 0 bridgehead atoms. The van der Waals surface area contributed by atoms with Crippen LogP contribution < -0.4 is 0 Å². The van der Waals surface area contributed by atoms with Gasteiger partial charge in [-0.15, -0.1) is 13.2 Å². The molecule has 0 N–H and O–H groups in total. The van der Waals surface area contributed by atoms with E-state index in [1.54, 1.807) is 0 Å². The highest BCUT2D eigenvalue weighted by molar-refractivity contribution is 4.22. The molecule has 0 aromatic rings. The van der Waals surface area contributed by atoms with Crippen LogP contribution in [0.4, 0.5) is 9.15 Å². The number of hydrogen-bond acceptors (Lipinski definition) is 0. The minimum Gasteiger partial charge on any atom is -0.106 e. The van der Waals surface area contributed by atoms with Gasteiger partial charge in [0, 0.05) is 9.15 Å². The first-order chi connectivity index (χ1) is 2.00. The molecular weight excluding hydrogens is 62.0 g/mol. The van der Waals surface area contributed by atoms with E-state index in [4.69, 9.17) is 9.15 Å². The molecule has 0 radical (unpaired) electrons. The fourth-order valence-electron chi connectivity index (χ4n) is 0. The van der Waals surface area contributed by atoms with E-state index in [0.717, 1.165) is 0 Å². The van der Waals surface area contributed by atoms with Crippen LogP contribution in [0.2, 0.25) is 0 Å². The molecule has 0 aliphatic rings. The van der Waals surface area contributed by atoms with Crippen LogP contribution in [0.3, 0.4) is 0 Å². The topological polar surface area (TPSA) is 0 Å². The summed E-state index contributed by atoms with van der Waals surface area (Å²) < 4.78 is 16.0. The van der Waals surface area contributed by atoms with E-state index in [9.17, 15) is 0 Å². The van der Waals surface area contributed by atoms with Crippen molar-refractivity contribution in [1.82, 2.24) is 0 Å². The van der Waals surface area contributed by atoms with Gasteiger partial charge in [-0.3, -0.25) is 0 Å². The normalized spacial score (nSPS) is 2.50. The van der Waals surface area contributed by atoms with Gasteiger partial charge in [0.1, 0.15) is 0 Å². The molecular formula is C2H4F2. The lowest BCUT2D eigenvalue weighted by atomic mass is 11.3. The van der Waals surface area contributed by atoms with Crippen molar-refractivity contribution < 1.29 is 9.15 Å². The van der Waals surface area contributed by atoms with E-state index in [-0.39, 0.29) is 0 Å². The zero-order valence-corrected chi connectivity index (χ0v) is 2.17. The van der Waals surface area contributed by atoms with Gasteiger partial charge in [-0.05, 0) is 0 Å². The molecule has 0 aliphatic heterocycles. The summed E-state index contributed by atoms with van der Waals surface area (Å²) in [6, 6.07) is 0. The maximum atomic E-state index is 8.00. The maximum absolute atomic E-state index is 8.00. The summed E-state index contributed by atoms with van der Waals surface area (Å²) in [7, 11) is 0. The minimum absolute atomic E-state index is 3.00. The van der Waals surface area contributed by atoms with Crippen LogP contribution in [0, 0.1) is 0 Å². The molecule has 0 rings (SSSR count). The second-order valence-electron chi connectivity index (χ2n) is 0. The van der Waals surface area contributed by atoms with Crippen LogP contribution in [0.25, 0.3) is 0 Å². The second-order valence-corrected chi connectivity index (χ2v) is 0. The van der Waals surface area contributed by atoms with Gasteiger partial charge in [-0.1, -0.05) is 0 Å². The first-order valence-electron chi connectivity index (χ1n) is 0.643.